The summed E-state index contributed by atoms with van der Waals surface area (Å²) in [6, 6.07) is 11.5. The molecule has 0 saturated heterocycles. The lowest BCUT2D eigenvalue weighted by atomic mass is 9.95. The first-order chi connectivity index (χ1) is 22.8. The van der Waals surface area contributed by atoms with Crippen LogP contribution in [0.2, 0.25) is 15.1 Å². The number of nitrogens with zero attached hydrogens (tertiary/aromatic N) is 3. The lowest BCUT2D eigenvalue weighted by Gasteiger charge is -2.35. The number of benzene rings is 3. The summed E-state index contributed by atoms with van der Waals surface area (Å²) in [5.41, 5.74) is 0.124. The largest absolute Gasteiger partial charge is 0.495 e. The monoisotopic (exact) mass is 738 g/mol. The quantitative estimate of drug-likeness (QED) is 0.143. The van der Waals surface area contributed by atoms with E-state index in [4.69, 9.17) is 39.5 Å². The molecule has 48 heavy (non-hydrogen) atoms. The van der Waals surface area contributed by atoms with Gasteiger partial charge >= 0.3 is 0 Å². The minimum absolute atomic E-state index is 0.0499. The fourth-order valence-corrected chi connectivity index (χ4v) is 7.88. The molecule has 11 nitrogen and oxygen atoms in total. The second-order valence-corrected chi connectivity index (χ2v) is 14.6. The number of halogens is 3. The van der Waals surface area contributed by atoms with E-state index in [1.54, 1.807) is 25.1 Å². The van der Waals surface area contributed by atoms with Crippen molar-refractivity contribution in [3.8, 4) is 5.75 Å². The van der Waals surface area contributed by atoms with E-state index in [-0.39, 0.29) is 57.0 Å². The average molecular weight is 740 g/mol. The molecule has 1 fully saturated rings. The number of amides is 2. The summed E-state index contributed by atoms with van der Waals surface area (Å²) in [7, 11) is -3.36. The SMILES string of the molecule is CCC(C(=O)NC1CCCCC1)N(Cc1c(Cl)cccc1Cl)C(=O)CN(c1cc(Cl)ccc1OC)S(=O)(=O)c1ccc(C)c([N+](=O)[O-])c1. The summed E-state index contributed by atoms with van der Waals surface area (Å²) in [6.07, 6.45) is 4.87. The minimum Gasteiger partial charge on any atom is -0.495 e. The Morgan fingerprint density at radius 3 is 2.31 bits per heavy atom. The van der Waals surface area contributed by atoms with E-state index in [0.717, 1.165) is 42.5 Å². The summed E-state index contributed by atoms with van der Waals surface area (Å²) in [4.78, 5) is 40.2. The maximum Gasteiger partial charge on any atom is 0.273 e. The highest BCUT2D eigenvalue weighted by Gasteiger charge is 2.36. The number of methoxy groups -OCH3 is 1. The van der Waals surface area contributed by atoms with Gasteiger partial charge in [-0.25, -0.2) is 8.42 Å². The van der Waals surface area contributed by atoms with Crippen molar-refractivity contribution in [3.05, 3.63) is 90.9 Å². The van der Waals surface area contributed by atoms with E-state index in [0.29, 0.717) is 5.56 Å². The smallest absolute Gasteiger partial charge is 0.273 e. The standard InChI is InChI=1S/C33H37Cl3N4O7S/c1-4-28(33(42)37-23-9-6-5-7-10-23)38(19-25-26(35)11-8-12-27(25)36)32(41)20-39(30-17-22(34)14-16-31(30)47-3)48(45,46)24-15-13-21(2)29(18-24)40(43)44/h8,11-18,23,28H,4-7,9-10,19-20H2,1-3H3,(H,37,42). The van der Waals surface area contributed by atoms with Crippen LogP contribution in [0.5, 0.6) is 5.75 Å². The number of rotatable bonds is 13. The van der Waals surface area contributed by atoms with Crippen LogP contribution in [-0.4, -0.2) is 55.8 Å². The molecule has 1 N–H and O–H groups in total. The van der Waals surface area contributed by atoms with Gasteiger partial charge in [0.15, 0.2) is 0 Å². The van der Waals surface area contributed by atoms with Crippen LogP contribution < -0.4 is 14.4 Å². The molecule has 15 heteroatoms. The summed E-state index contributed by atoms with van der Waals surface area (Å²) >= 11 is 19.3. The van der Waals surface area contributed by atoms with Gasteiger partial charge < -0.3 is 15.0 Å². The van der Waals surface area contributed by atoms with E-state index in [2.05, 4.69) is 5.32 Å². The molecule has 1 aliphatic rings. The van der Waals surface area contributed by atoms with Gasteiger partial charge in [0.05, 0.1) is 22.6 Å². The lowest BCUT2D eigenvalue weighted by Crippen LogP contribution is -2.54. The molecular weight excluding hydrogens is 703 g/mol. The number of nitro benzene ring substituents is 1. The highest BCUT2D eigenvalue weighted by atomic mass is 35.5. The molecule has 0 spiro atoms. The molecule has 0 bridgehead atoms. The van der Waals surface area contributed by atoms with Crippen LogP contribution in [0.25, 0.3) is 0 Å². The van der Waals surface area contributed by atoms with Crippen LogP contribution in [0.1, 0.15) is 56.6 Å². The van der Waals surface area contributed by atoms with E-state index in [9.17, 15) is 28.1 Å². The first kappa shape index (κ1) is 37.2. The summed E-state index contributed by atoms with van der Waals surface area (Å²) in [6.45, 7) is 2.21. The number of carbonyl (C=O) groups is 2. The summed E-state index contributed by atoms with van der Waals surface area (Å²) in [5, 5.41) is 15.5. The molecule has 0 radical (unpaired) electrons. The minimum atomic E-state index is -4.68. The number of sulfonamides is 1. The molecule has 4 rings (SSSR count). The topological polar surface area (TPSA) is 139 Å². The van der Waals surface area contributed by atoms with Gasteiger partial charge in [-0.2, -0.15) is 0 Å². The van der Waals surface area contributed by atoms with E-state index in [1.807, 2.05) is 0 Å². The van der Waals surface area contributed by atoms with Crippen LogP contribution in [-0.2, 0) is 26.2 Å². The Labute approximate surface area is 295 Å². The average Bonchev–Trinajstić information content (AvgIpc) is 3.05. The Bertz CT molecular complexity index is 1760. The summed E-state index contributed by atoms with van der Waals surface area (Å²) < 4.78 is 35.0. The number of ether oxygens (including phenoxy) is 1. The van der Waals surface area contributed by atoms with E-state index in [1.165, 1.54) is 49.3 Å². The van der Waals surface area contributed by atoms with Crippen LogP contribution in [0.4, 0.5) is 11.4 Å². The summed E-state index contributed by atoms with van der Waals surface area (Å²) in [5.74, 6) is -1.08. The lowest BCUT2D eigenvalue weighted by molar-refractivity contribution is -0.385. The van der Waals surface area contributed by atoms with Gasteiger partial charge in [0.1, 0.15) is 18.3 Å². The normalized spacial score (nSPS) is 14.2. The van der Waals surface area contributed by atoms with E-state index >= 15 is 0 Å². The van der Waals surface area contributed by atoms with Crippen molar-refractivity contribution in [1.82, 2.24) is 10.2 Å². The first-order valence-corrected chi connectivity index (χ1v) is 18.0. The Morgan fingerprint density at radius 1 is 1.04 bits per heavy atom. The van der Waals surface area contributed by atoms with Crippen molar-refractivity contribution >= 4 is 68.0 Å². The number of carbonyl (C=O) groups excluding carboxylic acids is 2. The maximum atomic E-state index is 14.5. The second-order valence-electron chi connectivity index (χ2n) is 11.5. The fourth-order valence-electron chi connectivity index (χ4n) is 5.76. The highest BCUT2D eigenvalue weighted by Crippen LogP contribution is 2.36. The first-order valence-electron chi connectivity index (χ1n) is 15.4. The number of nitro groups is 1. The highest BCUT2D eigenvalue weighted by molar-refractivity contribution is 7.92. The van der Waals surface area contributed by atoms with Gasteiger partial charge in [0.2, 0.25) is 11.8 Å². The zero-order valence-corrected chi connectivity index (χ0v) is 29.8. The van der Waals surface area contributed by atoms with Gasteiger partial charge in [-0.3, -0.25) is 24.0 Å². The van der Waals surface area contributed by atoms with E-state index < -0.39 is 44.0 Å². The van der Waals surface area contributed by atoms with Crippen molar-refractivity contribution in [1.29, 1.82) is 0 Å². The second kappa shape index (κ2) is 16.2. The van der Waals surface area contributed by atoms with Gasteiger partial charge in [0.25, 0.3) is 15.7 Å². The Kier molecular flexibility index (Phi) is 12.6. The maximum absolute atomic E-state index is 14.5. The van der Waals surface area contributed by atoms with Crippen molar-refractivity contribution < 1.29 is 27.7 Å². The van der Waals surface area contributed by atoms with Crippen LogP contribution in [0.3, 0.4) is 0 Å². The number of anilines is 1. The molecule has 1 aliphatic carbocycles. The van der Waals surface area contributed by atoms with Gasteiger partial charge in [-0.05, 0) is 62.6 Å². The van der Waals surface area contributed by atoms with Crippen molar-refractivity contribution in [2.24, 2.45) is 0 Å². The van der Waals surface area contributed by atoms with Crippen molar-refractivity contribution in [3.63, 3.8) is 0 Å². The van der Waals surface area contributed by atoms with Gasteiger partial charge in [0, 0.05) is 44.8 Å². The Morgan fingerprint density at radius 2 is 1.71 bits per heavy atom. The number of nitrogens with one attached hydrogen (secondary N) is 1. The fraction of sp³-hybridized carbons (Fsp3) is 0.394. The molecule has 1 atom stereocenters. The molecule has 258 valence electrons. The third kappa shape index (κ3) is 8.52. The number of hydrogen-bond acceptors (Lipinski definition) is 7. The molecule has 2 amide bonds. The molecule has 0 aliphatic heterocycles. The van der Waals surface area contributed by atoms with Gasteiger partial charge in [-0.15, -0.1) is 0 Å². The number of aryl methyl sites for hydroxylation is 1. The molecule has 3 aromatic carbocycles. The number of hydrogen-bond donors (Lipinski definition) is 1. The van der Waals surface area contributed by atoms with Crippen molar-refractivity contribution in [2.75, 3.05) is 18.0 Å². The molecule has 0 aromatic heterocycles. The zero-order valence-electron chi connectivity index (χ0n) is 26.7. The zero-order chi connectivity index (χ0) is 35.2. The third-order valence-electron chi connectivity index (χ3n) is 8.38. The van der Waals surface area contributed by atoms with Gasteiger partial charge in [-0.1, -0.05) is 73.1 Å². The Balaban J connectivity index is 1.83. The third-order valence-corrected chi connectivity index (χ3v) is 11.1. The Hall–Kier alpha value is -3.58. The molecule has 0 heterocycles. The van der Waals surface area contributed by atoms with Crippen LogP contribution in [0.15, 0.2) is 59.5 Å². The van der Waals surface area contributed by atoms with Crippen LogP contribution in [0, 0.1) is 17.0 Å². The predicted octanol–water partition coefficient (Wildman–Crippen LogP) is 7.32. The molecule has 1 unspecified atom stereocenters. The molecule has 3 aromatic rings. The molecule has 1 saturated carbocycles. The van der Waals surface area contributed by atoms with Crippen molar-refractivity contribution in [2.45, 2.75) is 75.9 Å². The van der Waals surface area contributed by atoms with Crippen LogP contribution >= 0.6 is 34.8 Å². The molecular formula is C33H37Cl3N4O7S. The predicted molar refractivity (Wildman–Crippen MR) is 186 cm³/mol.